The maximum atomic E-state index is 12.3. The molecule has 0 N–H and O–H groups in total. The molecule has 6 nitrogen and oxygen atoms in total. The van der Waals surface area contributed by atoms with Gasteiger partial charge in [0.2, 0.25) is 0 Å². The largest absolute Gasteiger partial charge is 0.382 e. The van der Waals surface area contributed by atoms with E-state index in [1.54, 1.807) is 11.9 Å². The molecule has 0 aromatic carbocycles. The van der Waals surface area contributed by atoms with Gasteiger partial charge in [-0.05, 0) is 17.5 Å². The lowest BCUT2D eigenvalue weighted by molar-refractivity contribution is -0.606. The molecule has 6 heteroatoms. The second kappa shape index (κ2) is 4.96. The van der Waals surface area contributed by atoms with Crippen molar-refractivity contribution in [2.24, 2.45) is 7.05 Å². The third-order valence-electron chi connectivity index (χ3n) is 3.64. The van der Waals surface area contributed by atoms with Crippen LogP contribution in [-0.2, 0) is 7.05 Å². The molecule has 1 aliphatic carbocycles. The van der Waals surface area contributed by atoms with Crippen LogP contribution in [0, 0.1) is 4.91 Å². The Hall–Kier alpha value is -1.59. The fourth-order valence-corrected chi connectivity index (χ4v) is 2.64. The highest BCUT2D eigenvalue weighted by atomic mass is 16.3. The van der Waals surface area contributed by atoms with Crippen molar-refractivity contribution < 1.29 is 4.54 Å². The number of hydrogen-bond acceptors (Lipinski definition) is 3. The van der Waals surface area contributed by atoms with E-state index in [4.69, 9.17) is 0 Å². The zero-order chi connectivity index (χ0) is 13.3. The molecule has 18 heavy (non-hydrogen) atoms. The number of anilines is 1. The van der Waals surface area contributed by atoms with Crippen molar-refractivity contribution in [2.45, 2.75) is 38.1 Å². The summed E-state index contributed by atoms with van der Waals surface area (Å²) in [5.41, 5.74) is -0.233. The van der Waals surface area contributed by atoms with Gasteiger partial charge in [0, 0.05) is 21.1 Å². The van der Waals surface area contributed by atoms with Crippen molar-refractivity contribution in [1.29, 1.82) is 0 Å². The molecule has 0 radical (unpaired) electrons. The van der Waals surface area contributed by atoms with Crippen molar-refractivity contribution in [3.05, 3.63) is 21.6 Å². The number of nitrogens with zero attached hydrogens (tertiary/aromatic N) is 4. The maximum absolute atomic E-state index is 12.3. The standard InChI is InChI=1S/C12H21N4O2/c1-13(2)11-9-15(18)16(12(17)14(11)3)10-7-5-4-6-8-10/h9-10H,4-8H2,1-3H3/q+1. The van der Waals surface area contributed by atoms with Crippen molar-refractivity contribution in [3.63, 3.8) is 0 Å². The number of hydrogen-bond donors (Lipinski definition) is 0. The predicted molar refractivity (Wildman–Crippen MR) is 69.5 cm³/mol. The molecule has 1 saturated carbocycles. The van der Waals surface area contributed by atoms with Crippen LogP contribution in [0.1, 0.15) is 38.1 Å². The summed E-state index contributed by atoms with van der Waals surface area (Å²) in [6.45, 7) is 0. The van der Waals surface area contributed by atoms with Crippen molar-refractivity contribution >= 4 is 5.82 Å². The minimum absolute atomic E-state index is 0.0474. The summed E-state index contributed by atoms with van der Waals surface area (Å²) in [7, 11) is 5.34. The Balaban J connectivity index is 2.52. The van der Waals surface area contributed by atoms with Crippen LogP contribution >= 0.6 is 0 Å². The van der Waals surface area contributed by atoms with Crippen molar-refractivity contribution in [1.82, 2.24) is 9.25 Å². The van der Waals surface area contributed by atoms with Gasteiger partial charge in [0.25, 0.3) is 6.20 Å². The molecule has 1 heterocycles. The predicted octanol–water partition coefficient (Wildman–Crippen LogP) is 0.672. The molecule has 100 valence electrons. The summed E-state index contributed by atoms with van der Waals surface area (Å²) in [4.78, 5) is 26.1. The molecule has 0 amide bonds. The first-order chi connectivity index (χ1) is 8.52. The van der Waals surface area contributed by atoms with Crippen molar-refractivity contribution in [2.75, 3.05) is 19.0 Å². The fraction of sp³-hybridized carbons (Fsp3) is 0.750. The summed E-state index contributed by atoms with van der Waals surface area (Å²) in [6, 6.07) is 0.0474. The first kappa shape index (κ1) is 12.9. The molecule has 0 bridgehead atoms. The minimum Gasteiger partial charge on any atom is -0.359 e. The lowest BCUT2D eigenvalue weighted by atomic mass is 9.96. The van der Waals surface area contributed by atoms with Crippen molar-refractivity contribution in [3.8, 4) is 0 Å². The normalized spacial score (nSPS) is 16.8. The Kier molecular flexibility index (Phi) is 3.54. The fourth-order valence-electron chi connectivity index (χ4n) is 2.64. The molecule has 1 aliphatic rings. The molecule has 0 unspecified atom stereocenters. The Bertz CT molecular complexity index is 538. The lowest BCUT2D eigenvalue weighted by Crippen LogP contribution is -2.48. The van der Waals surface area contributed by atoms with E-state index in [2.05, 4.69) is 0 Å². The zero-order valence-corrected chi connectivity index (χ0v) is 11.3. The van der Waals surface area contributed by atoms with Gasteiger partial charge < -0.3 is 4.90 Å². The quantitative estimate of drug-likeness (QED) is 0.728. The number of rotatable bonds is 2. The highest BCUT2D eigenvalue weighted by Crippen LogP contribution is 2.25. The van der Waals surface area contributed by atoms with E-state index in [-0.39, 0.29) is 11.7 Å². The first-order valence-corrected chi connectivity index (χ1v) is 6.44. The van der Waals surface area contributed by atoms with E-state index < -0.39 is 0 Å². The summed E-state index contributed by atoms with van der Waals surface area (Å²) >= 11 is 0. The van der Waals surface area contributed by atoms with Gasteiger partial charge in [0.1, 0.15) is 6.04 Å². The minimum atomic E-state index is -0.233. The first-order valence-electron chi connectivity index (χ1n) is 6.44. The van der Waals surface area contributed by atoms with Gasteiger partial charge in [0.05, 0.1) is 4.91 Å². The van der Waals surface area contributed by atoms with Gasteiger partial charge in [-0.25, -0.2) is 4.79 Å². The topological polar surface area (TPSA) is 53.1 Å². The summed E-state index contributed by atoms with van der Waals surface area (Å²) in [6.07, 6.45) is 6.70. The SMILES string of the molecule is CN(C)c1c[n+](=O)n(C2CCCCC2)c(=O)n1C. The zero-order valence-electron chi connectivity index (χ0n) is 11.3. The van der Waals surface area contributed by atoms with Crippen LogP contribution in [0.5, 0.6) is 0 Å². The van der Waals surface area contributed by atoms with Crippen LogP contribution in [0.25, 0.3) is 0 Å². The molecule has 1 fully saturated rings. The highest BCUT2D eigenvalue weighted by molar-refractivity contribution is 5.31. The third kappa shape index (κ3) is 2.19. The molecular formula is C12H21N4O2+. The van der Waals surface area contributed by atoms with E-state index >= 15 is 0 Å². The van der Waals surface area contributed by atoms with E-state index in [0.29, 0.717) is 10.4 Å². The molecule has 1 aromatic heterocycles. The van der Waals surface area contributed by atoms with Gasteiger partial charge >= 0.3 is 5.69 Å². The van der Waals surface area contributed by atoms with Crippen LogP contribution in [0.3, 0.4) is 0 Å². The molecule has 0 spiro atoms. The Morgan fingerprint density at radius 1 is 1.28 bits per heavy atom. The van der Waals surface area contributed by atoms with Gasteiger partial charge in [-0.3, -0.25) is 4.57 Å². The van der Waals surface area contributed by atoms with E-state index in [1.807, 2.05) is 14.1 Å². The van der Waals surface area contributed by atoms with Crippen LogP contribution in [0.2, 0.25) is 0 Å². The lowest BCUT2D eigenvalue weighted by Gasteiger charge is -2.20. The van der Waals surface area contributed by atoms with Gasteiger partial charge in [-0.1, -0.05) is 19.3 Å². The van der Waals surface area contributed by atoms with Gasteiger partial charge in [-0.15, -0.1) is 0 Å². The summed E-state index contributed by atoms with van der Waals surface area (Å²) < 4.78 is 3.59. The average Bonchev–Trinajstić information content (AvgIpc) is 2.35. The second-order valence-corrected chi connectivity index (χ2v) is 5.16. The average molecular weight is 253 g/mol. The summed E-state index contributed by atoms with van der Waals surface area (Å²) in [5.74, 6) is 0.613. The van der Waals surface area contributed by atoms with Crippen LogP contribution in [0.15, 0.2) is 11.0 Å². The monoisotopic (exact) mass is 253 g/mol. The second-order valence-electron chi connectivity index (χ2n) is 5.16. The Morgan fingerprint density at radius 3 is 2.44 bits per heavy atom. The van der Waals surface area contributed by atoms with E-state index in [1.165, 1.54) is 21.9 Å². The van der Waals surface area contributed by atoms with Crippen LogP contribution in [0.4, 0.5) is 5.82 Å². The molecule has 2 rings (SSSR count). The van der Waals surface area contributed by atoms with Gasteiger partial charge in [0.15, 0.2) is 10.4 Å². The molecule has 1 aromatic rings. The van der Waals surface area contributed by atoms with E-state index in [9.17, 15) is 9.70 Å². The molecule has 0 saturated heterocycles. The Labute approximate surface area is 106 Å². The third-order valence-corrected chi connectivity index (χ3v) is 3.64. The number of aromatic nitrogens is 3. The smallest absolute Gasteiger partial charge is 0.359 e. The Morgan fingerprint density at radius 2 is 1.89 bits per heavy atom. The van der Waals surface area contributed by atoms with Crippen LogP contribution < -0.4 is 15.1 Å². The van der Waals surface area contributed by atoms with E-state index in [0.717, 1.165) is 25.7 Å². The summed E-state index contributed by atoms with van der Waals surface area (Å²) in [5, 5.41) is 0. The van der Waals surface area contributed by atoms with Crippen LogP contribution in [-0.4, -0.2) is 23.3 Å². The molecular weight excluding hydrogens is 232 g/mol. The molecule has 0 aliphatic heterocycles. The maximum Gasteiger partial charge on any atom is 0.382 e. The highest BCUT2D eigenvalue weighted by Gasteiger charge is 2.26. The molecule has 0 atom stereocenters. The van der Waals surface area contributed by atoms with Gasteiger partial charge in [-0.2, -0.15) is 0 Å².